The quantitative estimate of drug-likeness (QED) is 0.807. The summed E-state index contributed by atoms with van der Waals surface area (Å²) in [4.78, 5) is 0. The number of aromatic nitrogens is 2. The molecule has 1 aromatic heterocycles. The minimum Gasteiger partial charge on any atom is -0.428 e. The normalized spacial score (nSPS) is 19.9. The lowest BCUT2D eigenvalue weighted by molar-refractivity contribution is 0.00578. The maximum absolute atomic E-state index is 6.07. The van der Waals surface area contributed by atoms with Crippen LogP contribution in [-0.2, 0) is 15.7 Å². The van der Waals surface area contributed by atoms with Gasteiger partial charge in [-0.15, -0.1) is 10.2 Å². The second-order valence-corrected chi connectivity index (χ2v) is 6.34. The fraction of sp³-hybridized carbons (Fsp3) is 0.467. The van der Waals surface area contributed by atoms with Crippen molar-refractivity contribution in [2.45, 2.75) is 45.3 Å². The van der Waals surface area contributed by atoms with Crippen molar-refractivity contribution in [2.24, 2.45) is 0 Å². The van der Waals surface area contributed by atoms with E-state index in [2.05, 4.69) is 44.0 Å². The molecule has 2 heterocycles. The van der Waals surface area contributed by atoms with Gasteiger partial charge in [0.05, 0.1) is 17.6 Å². The first-order valence-electron chi connectivity index (χ1n) is 7.07. The van der Waals surface area contributed by atoms with E-state index in [1.165, 1.54) is 6.39 Å². The van der Waals surface area contributed by atoms with Gasteiger partial charge in [0.1, 0.15) is 0 Å². The summed E-state index contributed by atoms with van der Waals surface area (Å²) in [5.41, 5.74) is 1.43. The molecule has 0 radical (unpaired) electrons. The Morgan fingerprint density at radius 2 is 1.81 bits per heavy atom. The molecule has 1 saturated heterocycles. The molecule has 3 rings (SSSR count). The summed E-state index contributed by atoms with van der Waals surface area (Å²) in [6, 6.07) is 8.09. The van der Waals surface area contributed by atoms with E-state index in [0.29, 0.717) is 12.3 Å². The zero-order chi connectivity index (χ0) is 15.1. The maximum atomic E-state index is 6.07. The highest BCUT2D eigenvalue weighted by atomic mass is 16.7. The Hall–Kier alpha value is -1.66. The lowest BCUT2D eigenvalue weighted by Crippen LogP contribution is -2.41. The largest absolute Gasteiger partial charge is 0.494 e. The fourth-order valence-electron chi connectivity index (χ4n) is 2.28. The molecule has 0 bridgehead atoms. The van der Waals surface area contributed by atoms with Crippen LogP contribution in [0, 0.1) is 0 Å². The molecule has 1 aromatic carbocycles. The van der Waals surface area contributed by atoms with Gasteiger partial charge in [0.15, 0.2) is 0 Å². The summed E-state index contributed by atoms with van der Waals surface area (Å²) >= 11 is 0. The molecule has 0 aliphatic carbocycles. The molecule has 0 spiro atoms. The van der Waals surface area contributed by atoms with Gasteiger partial charge in [0.25, 0.3) is 0 Å². The number of benzene rings is 1. The van der Waals surface area contributed by atoms with Gasteiger partial charge in [0.2, 0.25) is 12.3 Å². The lowest BCUT2D eigenvalue weighted by atomic mass is 9.78. The summed E-state index contributed by atoms with van der Waals surface area (Å²) < 4.78 is 17.3. The van der Waals surface area contributed by atoms with Crippen LogP contribution in [0.25, 0.3) is 0 Å². The number of nitrogens with zero attached hydrogens (tertiary/aromatic N) is 2. The number of rotatable bonds is 3. The van der Waals surface area contributed by atoms with Crippen LogP contribution in [0.15, 0.2) is 35.1 Å². The maximum Gasteiger partial charge on any atom is 0.494 e. The number of hydrogen-bond donors (Lipinski definition) is 0. The predicted molar refractivity (Wildman–Crippen MR) is 79.3 cm³/mol. The van der Waals surface area contributed by atoms with Gasteiger partial charge in [-0.3, -0.25) is 0 Å². The molecule has 0 saturated carbocycles. The van der Waals surface area contributed by atoms with Gasteiger partial charge in [-0.1, -0.05) is 24.3 Å². The monoisotopic (exact) mass is 286 g/mol. The van der Waals surface area contributed by atoms with E-state index >= 15 is 0 Å². The Morgan fingerprint density at radius 3 is 2.43 bits per heavy atom. The Kier molecular flexibility index (Phi) is 3.38. The van der Waals surface area contributed by atoms with Crippen molar-refractivity contribution >= 4 is 12.6 Å². The Labute approximate surface area is 124 Å². The molecule has 1 fully saturated rings. The van der Waals surface area contributed by atoms with Gasteiger partial charge < -0.3 is 13.7 Å². The van der Waals surface area contributed by atoms with Gasteiger partial charge in [-0.05, 0) is 38.7 Å². The van der Waals surface area contributed by atoms with Crippen LogP contribution in [0.2, 0.25) is 0 Å². The van der Waals surface area contributed by atoms with Gasteiger partial charge >= 0.3 is 7.12 Å². The first kappa shape index (κ1) is 14.3. The van der Waals surface area contributed by atoms with Crippen LogP contribution in [0.3, 0.4) is 0 Å². The standard InChI is InChI=1S/C15H19BN2O3/c1-14(2)15(3,4)21-16(20-14)12-7-5-6-11(8-12)9-13-18-17-10-19-13/h5-8,10H,9H2,1-4H3. The molecule has 21 heavy (non-hydrogen) atoms. The summed E-state index contributed by atoms with van der Waals surface area (Å²) in [5.74, 6) is 0.598. The molecule has 5 nitrogen and oxygen atoms in total. The molecule has 110 valence electrons. The van der Waals surface area contributed by atoms with Crippen LogP contribution in [-0.4, -0.2) is 28.5 Å². The van der Waals surface area contributed by atoms with Crippen molar-refractivity contribution in [2.75, 3.05) is 0 Å². The molecule has 0 atom stereocenters. The third kappa shape index (κ3) is 2.73. The average Bonchev–Trinajstić information content (AvgIpc) is 2.97. The third-order valence-electron chi connectivity index (χ3n) is 4.24. The third-order valence-corrected chi connectivity index (χ3v) is 4.24. The Balaban J connectivity index is 1.81. The van der Waals surface area contributed by atoms with Crippen LogP contribution in [0.5, 0.6) is 0 Å². The SMILES string of the molecule is CC1(C)OB(c2cccc(Cc3nnco3)c2)OC1(C)C. The van der Waals surface area contributed by atoms with E-state index in [4.69, 9.17) is 13.7 Å². The highest BCUT2D eigenvalue weighted by Gasteiger charge is 2.51. The molecule has 0 amide bonds. The Morgan fingerprint density at radius 1 is 1.10 bits per heavy atom. The van der Waals surface area contributed by atoms with E-state index in [1.54, 1.807) is 0 Å². The minimum atomic E-state index is -0.349. The Bertz CT molecular complexity index is 610. The van der Waals surface area contributed by atoms with E-state index in [0.717, 1.165) is 11.0 Å². The number of hydrogen-bond acceptors (Lipinski definition) is 5. The van der Waals surface area contributed by atoms with Crippen LogP contribution in [0.1, 0.15) is 39.1 Å². The summed E-state index contributed by atoms with van der Waals surface area (Å²) in [7, 11) is -0.349. The van der Waals surface area contributed by atoms with E-state index in [9.17, 15) is 0 Å². The highest BCUT2D eigenvalue weighted by molar-refractivity contribution is 6.62. The van der Waals surface area contributed by atoms with Crippen molar-refractivity contribution in [1.29, 1.82) is 0 Å². The average molecular weight is 286 g/mol. The highest BCUT2D eigenvalue weighted by Crippen LogP contribution is 2.36. The van der Waals surface area contributed by atoms with Gasteiger partial charge in [-0.2, -0.15) is 0 Å². The molecule has 0 unspecified atom stereocenters. The van der Waals surface area contributed by atoms with Crippen molar-refractivity contribution in [3.05, 3.63) is 42.1 Å². The van der Waals surface area contributed by atoms with Crippen molar-refractivity contribution < 1.29 is 13.7 Å². The summed E-state index contributed by atoms with van der Waals surface area (Å²) in [6.45, 7) is 8.20. The summed E-state index contributed by atoms with van der Waals surface area (Å²) in [6.07, 6.45) is 1.95. The molecule has 2 aromatic rings. The lowest BCUT2D eigenvalue weighted by Gasteiger charge is -2.32. The van der Waals surface area contributed by atoms with Crippen molar-refractivity contribution in [1.82, 2.24) is 10.2 Å². The van der Waals surface area contributed by atoms with Crippen LogP contribution >= 0.6 is 0 Å². The minimum absolute atomic E-state index is 0.333. The smallest absolute Gasteiger partial charge is 0.428 e. The van der Waals surface area contributed by atoms with E-state index < -0.39 is 0 Å². The van der Waals surface area contributed by atoms with Gasteiger partial charge in [-0.25, -0.2) is 0 Å². The zero-order valence-corrected chi connectivity index (χ0v) is 12.8. The van der Waals surface area contributed by atoms with E-state index in [-0.39, 0.29) is 18.3 Å². The molecular formula is C15H19BN2O3. The van der Waals surface area contributed by atoms with Crippen molar-refractivity contribution in [3.8, 4) is 0 Å². The first-order chi connectivity index (χ1) is 9.87. The first-order valence-corrected chi connectivity index (χ1v) is 7.07. The predicted octanol–water partition coefficient (Wildman–Crippen LogP) is 1.96. The zero-order valence-electron chi connectivity index (χ0n) is 12.8. The second-order valence-electron chi connectivity index (χ2n) is 6.34. The van der Waals surface area contributed by atoms with Crippen LogP contribution in [0.4, 0.5) is 0 Å². The summed E-state index contributed by atoms with van der Waals surface area (Å²) in [5, 5.41) is 7.60. The second kappa shape index (κ2) is 4.96. The van der Waals surface area contributed by atoms with Crippen molar-refractivity contribution in [3.63, 3.8) is 0 Å². The molecule has 6 heteroatoms. The molecule has 0 N–H and O–H groups in total. The van der Waals surface area contributed by atoms with E-state index in [1.807, 2.05) is 18.2 Å². The molecule has 1 aliphatic heterocycles. The topological polar surface area (TPSA) is 57.4 Å². The fourth-order valence-corrected chi connectivity index (χ4v) is 2.28. The molecule has 1 aliphatic rings. The van der Waals surface area contributed by atoms with Crippen LogP contribution < -0.4 is 5.46 Å². The van der Waals surface area contributed by atoms with Gasteiger partial charge in [0, 0.05) is 0 Å². The molecular weight excluding hydrogens is 267 g/mol.